The zero-order valence-corrected chi connectivity index (χ0v) is 27.2. The second-order valence-electron chi connectivity index (χ2n) is 10.0. The van der Waals surface area contributed by atoms with Crippen molar-refractivity contribution in [3.63, 3.8) is 0 Å². The van der Waals surface area contributed by atoms with Gasteiger partial charge in [-0.3, -0.25) is 19.3 Å². The van der Waals surface area contributed by atoms with Crippen molar-refractivity contribution >= 4 is 64.3 Å². The zero-order valence-electron chi connectivity index (χ0n) is 24.2. The maximum atomic E-state index is 11.3. The van der Waals surface area contributed by atoms with E-state index in [9.17, 15) is 14.4 Å². The molecule has 2 aliphatic heterocycles. The fraction of sp³-hybridized carbons (Fsp3) is 0.323. The molecule has 2 aromatic carbocycles. The van der Waals surface area contributed by atoms with Gasteiger partial charge in [-0.05, 0) is 17.7 Å². The number of aldehydes is 1. The Balaban J connectivity index is 0.000000204. The van der Waals surface area contributed by atoms with Crippen LogP contribution in [0.25, 0.3) is 0 Å². The molecule has 0 atom stereocenters. The predicted molar refractivity (Wildman–Crippen MR) is 187 cm³/mol. The standard InChI is InChI=1S/C15H16Cl2N4O.C8H12N4O.C7H4Cl2O.CH4/c16-12-3-1-2-11(15(12)17)9-20-4-6-21(7-5-20)13-8-14(22)19-10-18-13;13-8-5-7(10-6-11-8)12-3-1-9-2-4-12;8-6-3-1-2-5(4-10)7(6)9;/h1-3,8,10H,4-7,9H2,(H,18,19,22);5-6,9H,1-4H2,(H,10,11,13);1-4H;1H4. The summed E-state index contributed by atoms with van der Waals surface area (Å²) in [5.74, 6) is 1.49. The summed E-state index contributed by atoms with van der Waals surface area (Å²) in [4.78, 5) is 52.5. The highest BCUT2D eigenvalue weighted by Crippen LogP contribution is 2.27. The molecule has 0 unspecified atom stereocenters. The Morgan fingerprint density at radius 2 is 1.24 bits per heavy atom. The molecule has 246 valence electrons. The van der Waals surface area contributed by atoms with Gasteiger partial charge in [0.25, 0.3) is 11.1 Å². The number of piperazine rings is 2. The fourth-order valence-corrected chi connectivity index (χ4v) is 5.35. The number of carbonyl (C=O) groups excluding carboxylic acids is 1. The van der Waals surface area contributed by atoms with Gasteiger partial charge < -0.3 is 25.1 Å². The molecule has 46 heavy (non-hydrogen) atoms. The van der Waals surface area contributed by atoms with Gasteiger partial charge in [-0.2, -0.15) is 0 Å². The minimum Gasteiger partial charge on any atom is -0.354 e. The fourth-order valence-electron chi connectivity index (χ4n) is 4.61. The van der Waals surface area contributed by atoms with Crippen LogP contribution in [-0.2, 0) is 6.54 Å². The van der Waals surface area contributed by atoms with Crippen LogP contribution >= 0.6 is 46.4 Å². The largest absolute Gasteiger partial charge is 0.354 e. The van der Waals surface area contributed by atoms with Crippen LogP contribution < -0.4 is 26.2 Å². The van der Waals surface area contributed by atoms with Crippen LogP contribution in [-0.4, -0.2) is 83.5 Å². The molecular formula is C31H36Cl4N8O3. The highest BCUT2D eigenvalue weighted by Gasteiger charge is 2.19. The van der Waals surface area contributed by atoms with Crippen molar-refractivity contribution in [1.82, 2.24) is 30.2 Å². The third-order valence-corrected chi connectivity index (χ3v) is 8.69. The van der Waals surface area contributed by atoms with E-state index in [0.29, 0.717) is 31.9 Å². The lowest BCUT2D eigenvalue weighted by Gasteiger charge is -2.35. The van der Waals surface area contributed by atoms with E-state index >= 15 is 0 Å². The van der Waals surface area contributed by atoms with Gasteiger partial charge in [0, 0.05) is 76.6 Å². The van der Waals surface area contributed by atoms with Crippen LogP contribution in [0.5, 0.6) is 0 Å². The summed E-state index contributed by atoms with van der Waals surface area (Å²) >= 11 is 23.5. The number of hydrogen-bond acceptors (Lipinski definition) is 9. The summed E-state index contributed by atoms with van der Waals surface area (Å²) in [6.45, 7) is 7.93. The van der Waals surface area contributed by atoms with Crippen LogP contribution in [0.15, 0.2) is 70.8 Å². The van der Waals surface area contributed by atoms with Gasteiger partial charge >= 0.3 is 0 Å². The molecule has 2 aliphatic rings. The number of halogens is 4. The molecule has 15 heteroatoms. The average molecular weight is 710 g/mol. The van der Waals surface area contributed by atoms with Crippen molar-refractivity contribution in [2.75, 3.05) is 62.2 Å². The molecule has 4 aromatic rings. The van der Waals surface area contributed by atoms with E-state index in [2.05, 4.69) is 40.0 Å². The van der Waals surface area contributed by atoms with Crippen LogP contribution in [0.2, 0.25) is 20.1 Å². The van der Waals surface area contributed by atoms with Crippen molar-refractivity contribution in [2.24, 2.45) is 0 Å². The number of hydrogen-bond donors (Lipinski definition) is 3. The van der Waals surface area contributed by atoms with Gasteiger partial charge in [0.1, 0.15) is 11.6 Å². The van der Waals surface area contributed by atoms with Crippen molar-refractivity contribution < 1.29 is 4.79 Å². The van der Waals surface area contributed by atoms with Crippen molar-refractivity contribution in [3.05, 3.63) is 113 Å². The molecule has 0 saturated carbocycles. The second kappa shape index (κ2) is 18.6. The van der Waals surface area contributed by atoms with E-state index in [4.69, 9.17) is 46.4 Å². The Kier molecular flexibility index (Phi) is 15.0. The summed E-state index contributed by atoms with van der Waals surface area (Å²) in [6.07, 6.45) is 3.56. The number of rotatable bonds is 5. The third kappa shape index (κ3) is 10.8. The summed E-state index contributed by atoms with van der Waals surface area (Å²) in [6, 6.07) is 13.7. The lowest BCUT2D eigenvalue weighted by Crippen LogP contribution is -2.46. The molecule has 0 bridgehead atoms. The summed E-state index contributed by atoms with van der Waals surface area (Å²) in [5, 5.41) is 5.19. The van der Waals surface area contributed by atoms with Gasteiger partial charge in [-0.1, -0.05) is 78.1 Å². The van der Waals surface area contributed by atoms with E-state index < -0.39 is 0 Å². The van der Waals surface area contributed by atoms with Crippen molar-refractivity contribution in [3.8, 4) is 0 Å². The number of H-pyrrole nitrogens is 2. The summed E-state index contributed by atoms with van der Waals surface area (Å²) < 4.78 is 0. The smallest absolute Gasteiger partial charge is 0.252 e. The van der Waals surface area contributed by atoms with E-state index in [1.807, 2.05) is 12.1 Å². The number of benzene rings is 2. The molecular weight excluding hydrogens is 674 g/mol. The van der Waals surface area contributed by atoms with Crippen molar-refractivity contribution in [1.29, 1.82) is 0 Å². The number of nitrogens with one attached hydrogen (secondary N) is 3. The number of aromatic amines is 2. The highest BCUT2D eigenvalue weighted by atomic mass is 35.5. The number of anilines is 2. The predicted octanol–water partition coefficient (Wildman–Crippen LogP) is 5.02. The minimum absolute atomic E-state index is 0. The molecule has 6 rings (SSSR count). The van der Waals surface area contributed by atoms with E-state index in [0.717, 1.165) is 76.1 Å². The topological polar surface area (TPSA) is 130 Å². The van der Waals surface area contributed by atoms with Crippen molar-refractivity contribution in [2.45, 2.75) is 14.0 Å². The lowest BCUT2D eigenvalue weighted by molar-refractivity contribution is 0.112. The number of nitrogens with zero attached hydrogens (tertiary/aromatic N) is 5. The molecule has 0 radical (unpaired) electrons. The Morgan fingerprint density at radius 3 is 1.76 bits per heavy atom. The molecule has 0 aliphatic carbocycles. The first-order valence-corrected chi connectivity index (χ1v) is 15.6. The molecule has 0 spiro atoms. The molecule has 4 heterocycles. The quantitative estimate of drug-likeness (QED) is 0.245. The Bertz CT molecular complexity index is 1670. The maximum Gasteiger partial charge on any atom is 0.252 e. The van der Waals surface area contributed by atoms with Crippen LogP contribution in [0.3, 0.4) is 0 Å². The maximum absolute atomic E-state index is 11.3. The molecule has 0 amide bonds. The first-order valence-electron chi connectivity index (χ1n) is 14.1. The third-order valence-electron chi connectivity index (χ3n) is 7.00. The molecule has 11 nitrogen and oxygen atoms in total. The van der Waals surface area contributed by atoms with Gasteiger partial charge in [0.05, 0.1) is 32.7 Å². The molecule has 2 saturated heterocycles. The van der Waals surface area contributed by atoms with E-state index in [1.54, 1.807) is 24.3 Å². The SMILES string of the molecule is C.O=Cc1cccc(Cl)c1Cl.O=c1cc(N2CCN(Cc3cccc(Cl)c3Cl)CC2)nc[nH]1.O=c1cc(N2CCNCC2)nc[nH]1. The lowest BCUT2D eigenvalue weighted by atomic mass is 10.2. The second-order valence-corrected chi connectivity index (χ2v) is 11.6. The first kappa shape index (κ1) is 37.0. The monoisotopic (exact) mass is 708 g/mol. The summed E-state index contributed by atoms with van der Waals surface area (Å²) in [7, 11) is 0. The van der Waals surface area contributed by atoms with Gasteiger partial charge in [-0.15, -0.1) is 0 Å². The molecule has 2 aromatic heterocycles. The number of carbonyl (C=O) groups is 1. The molecule has 2 fully saturated rings. The van der Waals surface area contributed by atoms with E-state index in [-0.39, 0.29) is 18.5 Å². The average Bonchev–Trinajstić information content (AvgIpc) is 3.06. The normalized spacial score (nSPS) is 14.6. The zero-order chi connectivity index (χ0) is 32.2. The number of aromatic nitrogens is 4. The van der Waals surface area contributed by atoms with Gasteiger partial charge in [-0.25, -0.2) is 9.97 Å². The Morgan fingerprint density at radius 1 is 0.717 bits per heavy atom. The van der Waals surface area contributed by atoms with Crippen LogP contribution in [0.1, 0.15) is 23.3 Å². The first-order chi connectivity index (χ1) is 21.7. The van der Waals surface area contributed by atoms with Crippen LogP contribution in [0, 0.1) is 0 Å². The Labute approximate surface area is 287 Å². The summed E-state index contributed by atoms with van der Waals surface area (Å²) in [5.41, 5.74) is 1.24. The minimum atomic E-state index is -0.127. The van der Waals surface area contributed by atoms with Crippen LogP contribution in [0.4, 0.5) is 11.6 Å². The van der Waals surface area contributed by atoms with E-state index in [1.165, 1.54) is 24.8 Å². The highest BCUT2D eigenvalue weighted by molar-refractivity contribution is 6.43. The van der Waals surface area contributed by atoms with Gasteiger partial charge in [0.2, 0.25) is 0 Å². The van der Waals surface area contributed by atoms with Gasteiger partial charge in [0.15, 0.2) is 6.29 Å². The molecule has 3 N–H and O–H groups in total. The Hall–Kier alpha value is -3.45.